The molecule has 0 spiro atoms. The Bertz CT molecular complexity index is 692. The second-order valence-corrected chi connectivity index (χ2v) is 5.27. The number of benzene rings is 1. The van der Waals surface area contributed by atoms with Gasteiger partial charge in [-0.25, -0.2) is 0 Å². The molecule has 2 rings (SSSR count). The van der Waals surface area contributed by atoms with Gasteiger partial charge in [0.15, 0.2) is 0 Å². The molecule has 0 saturated heterocycles. The average Bonchev–Trinajstić information content (AvgIpc) is 2.72. The van der Waals surface area contributed by atoms with E-state index in [0.717, 1.165) is 28.3 Å². The summed E-state index contributed by atoms with van der Waals surface area (Å²) in [5.41, 5.74) is 4.41. The molecule has 0 bridgehead atoms. The van der Waals surface area contributed by atoms with Gasteiger partial charge >= 0.3 is 0 Å². The Morgan fingerprint density at radius 2 is 2.05 bits per heavy atom. The second kappa shape index (κ2) is 6.51. The van der Waals surface area contributed by atoms with E-state index in [2.05, 4.69) is 15.7 Å². The van der Waals surface area contributed by atoms with E-state index in [4.69, 9.17) is 4.74 Å². The van der Waals surface area contributed by atoms with E-state index in [-0.39, 0.29) is 12.5 Å². The van der Waals surface area contributed by atoms with Crippen molar-refractivity contribution in [1.82, 2.24) is 9.78 Å². The van der Waals surface area contributed by atoms with Crippen LogP contribution in [-0.2, 0) is 11.8 Å². The van der Waals surface area contributed by atoms with Gasteiger partial charge in [0.25, 0.3) is 0 Å². The van der Waals surface area contributed by atoms with Crippen molar-refractivity contribution in [3.63, 3.8) is 0 Å². The molecule has 0 fully saturated rings. The normalized spacial score (nSPS) is 10.4. The number of hydrogen-bond acceptors (Lipinski definition) is 4. The molecular formula is C16H22N4O2. The van der Waals surface area contributed by atoms with Crippen LogP contribution in [0.5, 0.6) is 5.75 Å². The quantitative estimate of drug-likeness (QED) is 0.890. The van der Waals surface area contributed by atoms with Crippen LogP contribution in [0.25, 0.3) is 0 Å². The number of nitrogens with one attached hydrogen (secondary N) is 2. The van der Waals surface area contributed by atoms with Gasteiger partial charge in [0.2, 0.25) is 5.91 Å². The molecule has 2 N–H and O–H groups in total. The number of methoxy groups -OCH3 is 1. The Morgan fingerprint density at radius 1 is 1.32 bits per heavy atom. The number of nitrogens with zero attached hydrogens (tertiary/aromatic N) is 2. The molecular weight excluding hydrogens is 280 g/mol. The fourth-order valence-corrected chi connectivity index (χ4v) is 2.27. The number of amides is 1. The highest BCUT2D eigenvalue weighted by atomic mass is 16.5. The molecule has 0 aliphatic rings. The number of aryl methyl sites for hydroxylation is 3. The lowest BCUT2D eigenvalue weighted by Gasteiger charge is -2.12. The average molecular weight is 302 g/mol. The summed E-state index contributed by atoms with van der Waals surface area (Å²) in [6, 6.07) is 5.80. The highest BCUT2D eigenvalue weighted by molar-refractivity contribution is 5.95. The molecule has 6 heteroatoms. The van der Waals surface area contributed by atoms with Crippen molar-refractivity contribution >= 4 is 17.3 Å². The first-order valence-electron chi connectivity index (χ1n) is 7.11. The van der Waals surface area contributed by atoms with Crippen molar-refractivity contribution in [2.45, 2.75) is 20.8 Å². The van der Waals surface area contributed by atoms with Crippen molar-refractivity contribution in [1.29, 1.82) is 0 Å². The number of ether oxygens (including phenoxy) is 1. The van der Waals surface area contributed by atoms with Crippen LogP contribution in [0.3, 0.4) is 0 Å². The fourth-order valence-electron chi connectivity index (χ4n) is 2.27. The highest BCUT2D eigenvalue weighted by Crippen LogP contribution is 2.25. The smallest absolute Gasteiger partial charge is 0.243 e. The van der Waals surface area contributed by atoms with Gasteiger partial charge in [-0.05, 0) is 38.5 Å². The molecule has 6 nitrogen and oxygen atoms in total. The third kappa shape index (κ3) is 3.39. The van der Waals surface area contributed by atoms with E-state index in [1.165, 1.54) is 0 Å². The maximum atomic E-state index is 12.1. The van der Waals surface area contributed by atoms with Gasteiger partial charge in [0, 0.05) is 7.05 Å². The van der Waals surface area contributed by atoms with Gasteiger partial charge in [-0.1, -0.05) is 6.07 Å². The predicted molar refractivity (Wildman–Crippen MR) is 87.5 cm³/mol. The molecule has 1 amide bonds. The highest BCUT2D eigenvalue weighted by Gasteiger charge is 2.13. The Kier molecular flexibility index (Phi) is 4.70. The Labute approximate surface area is 130 Å². The van der Waals surface area contributed by atoms with Gasteiger partial charge in [-0.15, -0.1) is 0 Å². The van der Waals surface area contributed by atoms with Crippen LogP contribution in [0, 0.1) is 20.8 Å². The summed E-state index contributed by atoms with van der Waals surface area (Å²) < 4.78 is 7.04. The first-order chi connectivity index (χ1) is 10.4. The summed E-state index contributed by atoms with van der Waals surface area (Å²) in [7, 11) is 3.46. The van der Waals surface area contributed by atoms with Gasteiger partial charge in [-0.2, -0.15) is 5.10 Å². The zero-order chi connectivity index (χ0) is 16.3. The van der Waals surface area contributed by atoms with E-state index < -0.39 is 0 Å². The van der Waals surface area contributed by atoms with Crippen LogP contribution in [-0.4, -0.2) is 29.3 Å². The minimum Gasteiger partial charge on any atom is -0.495 e. The predicted octanol–water partition coefficient (Wildman–Crippen LogP) is 2.40. The number of rotatable bonds is 5. The molecule has 0 atom stereocenters. The number of carbonyl (C=O) groups is 1. The molecule has 22 heavy (non-hydrogen) atoms. The maximum Gasteiger partial charge on any atom is 0.243 e. The largest absolute Gasteiger partial charge is 0.495 e. The van der Waals surface area contributed by atoms with Crippen molar-refractivity contribution < 1.29 is 9.53 Å². The lowest BCUT2D eigenvalue weighted by Crippen LogP contribution is -2.22. The third-order valence-corrected chi connectivity index (χ3v) is 3.57. The second-order valence-electron chi connectivity index (χ2n) is 5.27. The molecule has 1 heterocycles. The molecule has 1 aromatic carbocycles. The molecule has 2 aromatic rings. The van der Waals surface area contributed by atoms with Crippen LogP contribution in [0.2, 0.25) is 0 Å². The van der Waals surface area contributed by atoms with Crippen LogP contribution >= 0.6 is 0 Å². The van der Waals surface area contributed by atoms with Crippen molar-refractivity contribution in [2.24, 2.45) is 7.05 Å². The minimum atomic E-state index is -0.122. The summed E-state index contributed by atoms with van der Waals surface area (Å²) in [5.74, 6) is 0.592. The summed E-state index contributed by atoms with van der Waals surface area (Å²) in [6.45, 7) is 5.95. The molecule has 1 aromatic heterocycles. The first kappa shape index (κ1) is 15.9. The fraction of sp³-hybridized carbons (Fsp3) is 0.375. The van der Waals surface area contributed by atoms with E-state index in [1.807, 2.05) is 46.0 Å². The van der Waals surface area contributed by atoms with Crippen LogP contribution in [0.1, 0.15) is 17.0 Å². The van der Waals surface area contributed by atoms with Gasteiger partial charge in [0.1, 0.15) is 5.75 Å². The maximum absolute atomic E-state index is 12.1. The summed E-state index contributed by atoms with van der Waals surface area (Å²) in [6.07, 6.45) is 0. The molecule has 0 saturated carbocycles. The van der Waals surface area contributed by atoms with Crippen molar-refractivity contribution in [3.8, 4) is 5.75 Å². The van der Waals surface area contributed by atoms with E-state index in [0.29, 0.717) is 5.75 Å². The molecule has 0 radical (unpaired) electrons. The number of anilines is 2. The summed E-state index contributed by atoms with van der Waals surface area (Å²) in [4.78, 5) is 12.1. The SMILES string of the molecule is COc1ccc(C)cc1NCC(=O)Nc1c(C)nn(C)c1C. The lowest BCUT2D eigenvalue weighted by molar-refractivity contribution is -0.114. The van der Waals surface area contributed by atoms with Gasteiger partial charge in [-0.3, -0.25) is 9.48 Å². The van der Waals surface area contributed by atoms with Gasteiger partial charge in [0.05, 0.1) is 36.4 Å². The Hall–Kier alpha value is -2.50. The molecule has 118 valence electrons. The monoisotopic (exact) mass is 302 g/mol. The Balaban J connectivity index is 2.03. The zero-order valence-electron chi connectivity index (χ0n) is 13.7. The van der Waals surface area contributed by atoms with E-state index in [9.17, 15) is 4.79 Å². The molecule has 0 aliphatic carbocycles. The van der Waals surface area contributed by atoms with Crippen LogP contribution in [0.4, 0.5) is 11.4 Å². The molecule has 0 aliphatic heterocycles. The third-order valence-electron chi connectivity index (χ3n) is 3.57. The van der Waals surface area contributed by atoms with E-state index in [1.54, 1.807) is 11.8 Å². The summed E-state index contributed by atoms with van der Waals surface area (Å²) in [5, 5.41) is 10.3. The van der Waals surface area contributed by atoms with Gasteiger partial charge < -0.3 is 15.4 Å². The molecule has 0 unspecified atom stereocenters. The van der Waals surface area contributed by atoms with E-state index >= 15 is 0 Å². The zero-order valence-corrected chi connectivity index (χ0v) is 13.7. The van der Waals surface area contributed by atoms with Crippen LogP contribution in [0.15, 0.2) is 18.2 Å². The lowest BCUT2D eigenvalue weighted by atomic mass is 10.2. The minimum absolute atomic E-state index is 0.122. The number of hydrogen-bond donors (Lipinski definition) is 2. The van der Waals surface area contributed by atoms with Crippen LogP contribution < -0.4 is 15.4 Å². The Morgan fingerprint density at radius 3 is 2.64 bits per heavy atom. The number of aromatic nitrogens is 2. The standard InChI is InChI=1S/C16H22N4O2/c1-10-6-7-14(22-5)13(8-10)17-9-15(21)18-16-11(2)19-20(4)12(16)3/h6-8,17H,9H2,1-5H3,(H,18,21). The number of carbonyl (C=O) groups excluding carboxylic acids is 1. The van der Waals surface area contributed by atoms with Crippen molar-refractivity contribution in [3.05, 3.63) is 35.2 Å². The summed E-state index contributed by atoms with van der Waals surface area (Å²) >= 11 is 0. The van der Waals surface area contributed by atoms with Crippen molar-refractivity contribution in [2.75, 3.05) is 24.3 Å². The topological polar surface area (TPSA) is 68.2 Å². The first-order valence-corrected chi connectivity index (χ1v) is 7.11.